The minimum Gasteiger partial charge on any atom is -0.494 e. The Morgan fingerprint density at radius 3 is 2.67 bits per heavy atom. The van der Waals surface area contributed by atoms with Gasteiger partial charge in [0.25, 0.3) is 0 Å². The summed E-state index contributed by atoms with van der Waals surface area (Å²) in [5.41, 5.74) is 0. The van der Waals surface area contributed by atoms with Gasteiger partial charge >= 0.3 is 0 Å². The van der Waals surface area contributed by atoms with E-state index in [2.05, 4.69) is 5.32 Å². The van der Waals surface area contributed by atoms with Crippen molar-refractivity contribution in [3.63, 3.8) is 0 Å². The zero-order valence-electron chi connectivity index (χ0n) is 9.11. The normalized spacial score (nSPS) is 16.0. The van der Waals surface area contributed by atoms with Gasteiger partial charge in [-0.25, -0.2) is 0 Å². The Kier molecular flexibility index (Phi) is 4.03. The first kappa shape index (κ1) is 10.5. The second-order valence-electron chi connectivity index (χ2n) is 4.10. The third-order valence-electron chi connectivity index (χ3n) is 2.87. The maximum absolute atomic E-state index is 5.60. The number of nitrogens with one attached hydrogen (secondary N) is 1. The molecule has 1 fully saturated rings. The molecule has 1 N–H and O–H groups in total. The van der Waals surface area contributed by atoms with Gasteiger partial charge in [0.05, 0.1) is 6.61 Å². The minimum absolute atomic E-state index is 0.793. The number of rotatable bonds is 6. The first-order chi connectivity index (χ1) is 7.45. The van der Waals surface area contributed by atoms with Gasteiger partial charge in [0, 0.05) is 6.04 Å². The molecule has 1 saturated carbocycles. The third kappa shape index (κ3) is 3.56. The topological polar surface area (TPSA) is 21.3 Å². The summed E-state index contributed by atoms with van der Waals surface area (Å²) in [5, 5.41) is 3.53. The van der Waals surface area contributed by atoms with Crippen LogP contribution in [0.5, 0.6) is 5.75 Å². The van der Waals surface area contributed by atoms with Gasteiger partial charge in [-0.15, -0.1) is 0 Å². The van der Waals surface area contributed by atoms with Crippen molar-refractivity contribution in [1.29, 1.82) is 0 Å². The van der Waals surface area contributed by atoms with Crippen LogP contribution in [0.2, 0.25) is 0 Å². The number of hydrogen-bond acceptors (Lipinski definition) is 2. The molecule has 0 amide bonds. The van der Waals surface area contributed by atoms with Crippen molar-refractivity contribution in [1.82, 2.24) is 5.32 Å². The summed E-state index contributed by atoms with van der Waals surface area (Å²) in [6.45, 7) is 1.89. The van der Waals surface area contributed by atoms with Crippen LogP contribution in [0.15, 0.2) is 30.3 Å². The molecule has 1 aromatic rings. The summed E-state index contributed by atoms with van der Waals surface area (Å²) in [4.78, 5) is 0. The monoisotopic (exact) mass is 205 g/mol. The molecule has 0 unspecified atom stereocenters. The molecule has 0 radical (unpaired) electrons. The predicted molar refractivity (Wildman–Crippen MR) is 62.2 cm³/mol. The lowest BCUT2D eigenvalue weighted by Gasteiger charge is -2.26. The van der Waals surface area contributed by atoms with Crippen molar-refractivity contribution >= 4 is 0 Å². The second-order valence-corrected chi connectivity index (χ2v) is 4.10. The van der Waals surface area contributed by atoms with Gasteiger partial charge in [0.1, 0.15) is 5.75 Å². The summed E-state index contributed by atoms with van der Waals surface area (Å²) >= 11 is 0. The van der Waals surface area contributed by atoms with Crippen molar-refractivity contribution in [3.8, 4) is 5.75 Å². The fourth-order valence-electron chi connectivity index (χ4n) is 1.70. The molecular weight excluding hydrogens is 186 g/mol. The van der Waals surface area contributed by atoms with Crippen LogP contribution < -0.4 is 10.1 Å². The molecule has 1 aliphatic rings. The zero-order valence-corrected chi connectivity index (χ0v) is 9.11. The van der Waals surface area contributed by atoms with Crippen LogP contribution in [0.25, 0.3) is 0 Å². The van der Waals surface area contributed by atoms with Gasteiger partial charge in [0.15, 0.2) is 0 Å². The van der Waals surface area contributed by atoms with Crippen LogP contribution in [0.1, 0.15) is 25.7 Å². The van der Waals surface area contributed by atoms with Gasteiger partial charge in [-0.1, -0.05) is 24.6 Å². The number of hydrogen-bond donors (Lipinski definition) is 1. The first-order valence-corrected chi connectivity index (χ1v) is 5.86. The van der Waals surface area contributed by atoms with Gasteiger partial charge in [0.2, 0.25) is 0 Å². The van der Waals surface area contributed by atoms with Crippen molar-refractivity contribution < 1.29 is 4.74 Å². The highest BCUT2D eigenvalue weighted by molar-refractivity contribution is 5.20. The molecule has 1 aromatic carbocycles. The van der Waals surface area contributed by atoms with Crippen LogP contribution in [0.3, 0.4) is 0 Å². The van der Waals surface area contributed by atoms with E-state index in [1.54, 1.807) is 0 Å². The smallest absolute Gasteiger partial charge is 0.119 e. The molecule has 15 heavy (non-hydrogen) atoms. The average Bonchev–Trinajstić information content (AvgIpc) is 2.22. The molecular formula is C13H19NO. The summed E-state index contributed by atoms with van der Waals surface area (Å²) < 4.78 is 5.60. The van der Waals surface area contributed by atoms with Crippen LogP contribution >= 0.6 is 0 Å². The summed E-state index contributed by atoms with van der Waals surface area (Å²) in [5.74, 6) is 0.973. The summed E-state index contributed by atoms with van der Waals surface area (Å²) in [6, 6.07) is 10.8. The lowest BCUT2D eigenvalue weighted by atomic mass is 9.93. The van der Waals surface area contributed by atoms with E-state index in [-0.39, 0.29) is 0 Å². The van der Waals surface area contributed by atoms with Gasteiger partial charge in [-0.2, -0.15) is 0 Å². The zero-order chi connectivity index (χ0) is 10.3. The minimum atomic E-state index is 0.793. The Labute approximate surface area is 91.6 Å². The van der Waals surface area contributed by atoms with E-state index in [0.29, 0.717) is 0 Å². The number of benzene rings is 1. The Hall–Kier alpha value is -1.02. The molecule has 0 saturated heterocycles. The lowest BCUT2D eigenvalue weighted by Crippen LogP contribution is -2.36. The highest BCUT2D eigenvalue weighted by Crippen LogP contribution is 2.17. The SMILES string of the molecule is c1ccc(OCCCNC2CCC2)cc1. The van der Waals surface area contributed by atoms with Crippen molar-refractivity contribution in [2.75, 3.05) is 13.2 Å². The molecule has 0 bridgehead atoms. The summed E-state index contributed by atoms with van der Waals surface area (Å²) in [7, 11) is 0. The molecule has 2 nitrogen and oxygen atoms in total. The molecule has 2 rings (SSSR count). The Morgan fingerprint density at radius 1 is 1.20 bits per heavy atom. The Bertz CT molecular complexity index is 269. The fourth-order valence-corrected chi connectivity index (χ4v) is 1.70. The highest BCUT2D eigenvalue weighted by atomic mass is 16.5. The van der Waals surface area contributed by atoms with Crippen LogP contribution in [-0.2, 0) is 0 Å². The van der Waals surface area contributed by atoms with E-state index in [0.717, 1.165) is 31.4 Å². The maximum atomic E-state index is 5.60. The second kappa shape index (κ2) is 5.76. The predicted octanol–water partition coefficient (Wildman–Crippen LogP) is 2.60. The molecule has 0 atom stereocenters. The Morgan fingerprint density at radius 2 is 2.00 bits per heavy atom. The number of ether oxygens (including phenoxy) is 1. The van der Waals surface area contributed by atoms with E-state index in [1.807, 2.05) is 30.3 Å². The largest absolute Gasteiger partial charge is 0.494 e. The van der Waals surface area contributed by atoms with Crippen LogP contribution in [0.4, 0.5) is 0 Å². The van der Waals surface area contributed by atoms with Crippen LogP contribution in [0, 0.1) is 0 Å². The van der Waals surface area contributed by atoms with E-state index in [4.69, 9.17) is 4.74 Å². The number of para-hydroxylation sites is 1. The molecule has 1 aliphatic carbocycles. The maximum Gasteiger partial charge on any atom is 0.119 e. The lowest BCUT2D eigenvalue weighted by molar-refractivity contribution is 0.288. The molecule has 82 valence electrons. The van der Waals surface area contributed by atoms with Crippen molar-refractivity contribution in [3.05, 3.63) is 30.3 Å². The Balaban J connectivity index is 1.51. The molecule has 0 aromatic heterocycles. The molecule has 0 aliphatic heterocycles. The fraction of sp³-hybridized carbons (Fsp3) is 0.538. The highest BCUT2D eigenvalue weighted by Gasteiger charge is 2.15. The van der Waals surface area contributed by atoms with E-state index in [9.17, 15) is 0 Å². The van der Waals surface area contributed by atoms with E-state index < -0.39 is 0 Å². The average molecular weight is 205 g/mol. The van der Waals surface area contributed by atoms with Gasteiger partial charge in [-0.3, -0.25) is 0 Å². The van der Waals surface area contributed by atoms with Crippen molar-refractivity contribution in [2.24, 2.45) is 0 Å². The summed E-state index contributed by atoms with van der Waals surface area (Å²) in [6.07, 6.45) is 5.21. The van der Waals surface area contributed by atoms with E-state index in [1.165, 1.54) is 19.3 Å². The standard InChI is InChI=1S/C13H19NO/c1-2-8-13(9-3-1)15-11-5-10-14-12-6-4-7-12/h1-3,8-9,12,14H,4-7,10-11H2. The molecule has 0 heterocycles. The third-order valence-corrected chi connectivity index (χ3v) is 2.87. The van der Waals surface area contributed by atoms with Gasteiger partial charge in [-0.05, 0) is 37.9 Å². The van der Waals surface area contributed by atoms with Crippen LogP contribution in [-0.4, -0.2) is 19.2 Å². The van der Waals surface area contributed by atoms with E-state index >= 15 is 0 Å². The molecule has 0 spiro atoms. The van der Waals surface area contributed by atoms with Gasteiger partial charge < -0.3 is 10.1 Å². The quantitative estimate of drug-likeness (QED) is 0.721. The molecule has 2 heteroatoms. The first-order valence-electron chi connectivity index (χ1n) is 5.86. The van der Waals surface area contributed by atoms with Crippen molar-refractivity contribution in [2.45, 2.75) is 31.7 Å².